The molecule has 0 aliphatic heterocycles. The Labute approximate surface area is 63.7 Å². The second-order valence-electron chi connectivity index (χ2n) is 1.64. The maximum absolute atomic E-state index is 10.5. The Bertz CT molecular complexity index is 197. The van der Waals surface area contributed by atoms with Crippen molar-refractivity contribution in [3.63, 3.8) is 0 Å². The van der Waals surface area contributed by atoms with Crippen molar-refractivity contribution in [2.45, 2.75) is 0 Å². The smallest absolute Gasteiger partial charge is 0.352 e. The van der Waals surface area contributed by atoms with Crippen molar-refractivity contribution in [1.82, 2.24) is 5.32 Å². The standard InChI is InChI=1S/C6H9NO4/c1-7-4(6(9)10)3-5(8)11-2/h3,7H,1-2H3,(H,9,10)/b4-3-. The fourth-order valence-corrected chi connectivity index (χ4v) is 0.418. The Hall–Kier alpha value is -1.52. The van der Waals surface area contributed by atoms with Gasteiger partial charge >= 0.3 is 11.9 Å². The highest BCUT2D eigenvalue weighted by atomic mass is 16.5. The number of methoxy groups -OCH3 is 1. The van der Waals surface area contributed by atoms with E-state index < -0.39 is 11.9 Å². The summed E-state index contributed by atoms with van der Waals surface area (Å²) < 4.78 is 4.21. The van der Waals surface area contributed by atoms with Crippen molar-refractivity contribution in [2.24, 2.45) is 0 Å². The molecule has 0 aromatic heterocycles. The lowest BCUT2D eigenvalue weighted by molar-refractivity contribution is -0.137. The number of carboxylic acids is 1. The Balaban J connectivity index is 4.35. The second kappa shape index (κ2) is 4.32. The van der Waals surface area contributed by atoms with Crippen LogP contribution < -0.4 is 5.32 Å². The molecule has 2 N–H and O–H groups in total. The number of hydrogen-bond donors (Lipinski definition) is 2. The van der Waals surface area contributed by atoms with Crippen LogP contribution in [0.4, 0.5) is 0 Å². The van der Waals surface area contributed by atoms with E-state index >= 15 is 0 Å². The number of esters is 1. The van der Waals surface area contributed by atoms with E-state index in [4.69, 9.17) is 5.11 Å². The Morgan fingerprint density at radius 3 is 2.36 bits per heavy atom. The molecule has 0 saturated heterocycles. The first-order valence-corrected chi connectivity index (χ1v) is 2.82. The molecule has 0 aromatic carbocycles. The highest BCUT2D eigenvalue weighted by Crippen LogP contribution is 1.88. The van der Waals surface area contributed by atoms with Crippen LogP contribution in [0.5, 0.6) is 0 Å². The third-order valence-corrected chi connectivity index (χ3v) is 0.963. The van der Waals surface area contributed by atoms with Gasteiger partial charge in [0.15, 0.2) is 0 Å². The van der Waals surface area contributed by atoms with Crippen molar-refractivity contribution in [3.8, 4) is 0 Å². The van der Waals surface area contributed by atoms with Gasteiger partial charge in [0.25, 0.3) is 0 Å². The molecule has 0 fully saturated rings. The number of hydrogen-bond acceptors (Lipinski definition) is 4. The van der Waals surface area contributed by atoms with Crippen molar-refractivity contribution in [1.29, 1.82) is 0 Å². The largest absolute Gasteiger partial charge is 0.477 e. The van der Waals surface area contributed by atoms with Crippen LogP contribution >= 0.6 is 0 Å². The first-order chi connectivity index (χ1) is 5.11. The molecule has 0 unspecified atom stereocenters. The molecule has 0 amide bonds. The summed E-state index contributed by atoms with van der Waals surface area (Å²) in [5.41, 5.74) is -0.197. The molecule has 0 aromatic rings. The monoisotopic (exact) mass is 159 g/mol. The Kier molecular flexibility index (Phi) is 3.72. The topological polar surface area (TPSA) is 75.6 Å². The number of carbonyl (C=O) groups is 2. The van der Waals surface area contributed by atoms with Crippen molar-refractivity contribution in [2.75, 3.05) is 14.2 Å². The van der Waals surface area contributed by atoms with Crippen LogP contribution in [0.25, 0.3) is 0 Å². The Morgan fingerprint density at radius 2 is 2.09 bits per heavy atom. The molecule has 0 saturated carbocycles. The van der Waals surface area contributed by atoms with Gasteiger partial charge in [-0.25, -0.2) is 9.59 Å². The molecular formula is C6H9NO4. The van der Waals surface area contributed by atoms with Crippen molar-refractivity contribution < 1.29 is 19.4 Å². The van der Waals surface area contributed by atoms with Gasteiger partial charge in [0.05, 0.1) is 13.2 Å². The average molecular weight is 159 g/mol. The van der Waals surface area contributed by atoms with Crippen LogP contribution in [0.3, 0.4) is 0 Å². The minimum atomic E-state index is -1.20. The summed E-state index contributed by atoms with van der Waals surface area (Å²) in [5, 5.41) is 10.7. The first-order valence-electron chi connectivity index (χ1n) is 2.82. The predicted octanol–water partition coefficient (Wildman–Crippen LogP) is -0.653. The van der Waals surface area contributed by atoms with Gasteiger partial charge in [-0.1, -0.05) is 0 Å². The van der Waals surface area contributed by atoms with E-state index in [9.17, 15) is 9.59 Å². The summed E-state index contributed by atoms with van der Waals surface area (Å²) in [5.74, 6) is -1.89. The maximum atomic E-state index is 10.5. The lowest BCUT2D eigenvalue weighted by atomic mass is 10.4. The minimum Gasteiger partial charge on any atom is -0.477 e. The zero-order valence-electron chi connectivity index (χ0n) is 6.25. The number of nitrogens with one attached hydrogen (secondary N) is 1. The summed E-state index contributed by atoms with van der Waals surface area (Å²) in [6, 6.07) is 0. The zero-order valence-corrected chi connectivity index (χ0v) is 6.25. The fraction of sp³-hybridized carbons (Fsp3) is 0.333. The van der Waals surface area contributed by atoms with E-state index in [2.05, 4.69) is 10.1 Å². The minimum absolute atomic E-state index is 0.197. The fourth-order valence-electron chi connectivity index (χ4n) is 0.418. The van der Waals surface area contributed by atoms with E-state index in [1.807, 2.05) is 0 Å². The molecule has 5 nitrogen and oxygen atoms in total. The maximum Gasteiger partial charge on any atom is 0.352 e. The van der Waals surface area contributed by atoms with E-state index in [1.54, 1.807) is 0 Å². The third kappa shape index (κ3) is 3.24. The third-order valence-electron chi connectivity index (χ3n) is 0.963. The van der Waals surface area contributed by atoms with Crippen LogP contribution in [0.2, 0.25) is 0 Å². The van der Waals surface area contributed by atoms with Gasteiger partial charge in [-0.3, -0.25) is 0 Å². The quantitative estimate of drug-likeness (QED) is 0.422. The van der Waals surface area contributed by atoms with Gasteiger partial charge in [0.1, 0.15) is 5.70 Å². The molecule has 0 aliphatic rings. The van der Waals surface area contributed by atoms with Crippen LogP contribution in [0.1, 0.15) is 0 Å². The van der Waals surface area contributed by atoms with Crippen molar-refractivity contribution >= 4 is 11.9 Å². The van der Waals surface area contributed by atoms with E-state index in [0.29, 0.717) is 0 Å². The first kappa shape index (κ1) is 9.48. The molecule has 0 heterocycles. The SMILES string of the molecule is CN/C(=C\C(=O)OC)C(=O)O. The van der Waals surface area contributed by atoms with Gasteiger partial charge in [0, 0.05) is 7.05 Å². The van der Waals surface area contributed by atoms with E-state index in [1.165, 1.54) is 14.2 Å². The van der Waals surface area contributed by atoms with Crippen molar-refractivity contribution in [3.05, 3.63) is 11.8 Å². The number of ether oxygens (including phenoxy) is 1. The Morgan fingerprint density at radius 1 is 1.55 bits per heavy atom. The summed E-state index contributed by atoms with van der Waals surface area (Å²) in [6.45, 7) is 0. The number of carboxylic acid groups (broad SMARTS) is 1. The van der Waals surface area contributed by atoms with Crippen LogP contribution in [-0.4, -0.2) is 31.2 Å². The normalized spacial score (nSPS) is 10.5. The summed E-state index contributed by atoms with van der Waals surface area (Å²) >= 11 is 0. The lowest BCUT2D eigenvalue weighted by Gasteiger charge is -1.98. The number of likely N-dealkylation sites (N-methyl/N-ethyl adjacent to an activating group) is 1. The molecule has 11 heavy (non-hydrogen) atoms. The van der Waals surface area contributed by atoms with Gasteiger partial charge in [-0.15, -0.1) is 0 Å². The second-order valence-corrected chi connectivity index (χ2v) is 1.64. The number of rotatable bonds is 3. The van der Waals surface area contributed by atoms with Gasteiger partial charge < -0.3 is 15.2 Å². The predicted molar refractivity (Wildman–Crippen MR) is 36.8 cm³/mol. The average Bonchev–Trinajstić information content (AvgIpc) is 1.99. The summed E-state index contributed by atoms with van der Waals surface area (Å²) in [7, 11) is 2.58. The molecule has 0 aliphatic carbocycles. The number of aliphatic carboxylic acids is 1. The van der Waals surface area contributed by atoms with Gasteiger partial charge in [-0.2, -0.15) is 0 Å². The van der Waals surface area contributed by atoms with E-state index in [-0.39, 0.29) is 5.70 Å². The van der Waals surface area contributed by atoms with E-state index in [0.717, 1.165) is 6.08 Å². The van der Waals surface area contributed by atoms with Crippen LogP contribution in [-0.2, 0) is 14.3 Å². The molecular weight excluding hydrogens is 150 g/mol. The lowest BCUT2D eigenvalue weighted by Crippen LogP contribution is -2.17. The summed E-state index contributed by atoms with van der Waals surface area (Å²) in [4.78, 5) is 20.7. The van der Waals surface area contributed by atoms with Crippen LogP contribution in [0, 0.1) is 0 Å². The highest BCUT2D eigenvalue weighted by Gasteiger charge is 2.06. The molecule has 62 valence electrons. The number of carbonyl (C=O) groups excluding carboxylic acids is 1. The zero-order chi connectivity index (χ0) is 8.85. The molecule has 0 spiro atoms. The molecule has 0 radical (unpaired) electrons. The van der Waals surface area contributed by atoms with Crippen LogP contribution in [0.15, 0.2) is 11.8 Å². The van der Waals surface area contributed by atoms with Gasteiger partial charge in [-0.05, 0) is 0 Å². The molecule has 0 atom stereocenters. The molecule has 0 bridgehead atoms. The molecule has 5 heteroatoms. The highest BCUT2D eigenvalue weighted by molar-refractivity contribution is 5.94. The molecule has 0 rings (SSSR count). The van der Waals surface area contributed by atoms with Gasteiger partial charge in [0.2, 0.25) is 0 Å². The summed E-state index contributed by atoms with van der Waals surface area (Å²) in [6.07, 6.45) is 0.863.